The molecule has 2 unspecified atom stereocenters. The number of halogens is 1. The first kappa shape index (κ1) is 7.98. The predicted molar refractivity (Wildman–Crippen MR) is 42.4 cm³/mol. The third-order valence-electron chi connectivity index (χ3n) is 2.86. The van der Waals surface area contributed by atoms with Gasteiger partial charge in [0.25, 0.3) is 5.91 Å². The lowest BCUT2D eigenvalue weighted by atomic mass is 10.0. The maximum atomic E-state index is 12.0. The second-order valence-electron chi connectivity index (χ2n) is 3.61. The largest absolute Gasteiger partial charge is 0.340 e. The molecule has 2 rings (SSSR count). The molecular formula is C8H13FN2O. The third-order valence-corrected chi connectivity index (χ3v) is 2.86. The van der Waals surface area contributed by atoms with E-state index < -0.39 is 6.67 Å². The van der Waals surface area contributed by atoms with Gasteiger partial charge in [-0.15, -0.1) is 0 Å². The van der Waals surface area contributed by atoms with Gasteiger partial charge in [-0.25, -0.2) is 4.39 Å². The minimum Gasteiger partial charge on any atom is -0.340 e. The summed E-state index contributed by atoms with van der Waals surface area (Å²) in [6.07, 6.45) is 0. The van der Waals surface area contributed by atoms with Crippen LogP contribution in [0, 0.1) is 11.8 Å². The molecule has 2 aliphatic heterocycles. The Morgan fingerprint density at radius 2 is 2.00 bits per heavy atom. The molecule has 0 aromatic carbocycles. The molecule has 3 nitrogen and oxygen atoms in total. The minimum absolute atomic E-state index is 0.343. The lowest BCUT2D eigenvalue weighted by molar-refractivity contribution is -0.131. The number of likely N-dealkylation sites (tertiary alicyclic amines) is 1. The van der Waals surface area contributed by atoms with Crippen LogP contribution >= 0.6 is 0 Å². The van der Waals surface area contributed by atoms with Crippen molar-refractivity contribution in [2.24, 2.45) is 11.8 Å². The lowest BCUT2D eigenvalue weighted by Crippen LogP contribution is -2.32. The molecule has 0 aromatic heterocycles. The molecule has 2 saturated heterocycles. The van der Waals surface area contributed by atoms with Crippen molar-refractivity contribution in [3.8, 4) is 0 Å². The zero-order chi connectivity index (χ0) is 8.55. The predicted octanol–water partition coefficient (Wildman–Crippen LogP) is -0.366. The fraction of sp³-hybridized carbons (Fsp3) is 0.875. The fourth-order valence-corrected chi connectivity index (χ4v) is 2.14. The van der Waals surface area contributed by atoms with Crippen molar-refractivity contribution in [1.82, 2.24) is 10.2 Å². The smallest absolute Gasteiger partial charge is 0.253 e. The highest BCUT2D eigenvalue weighted by atomic mass is 19.1. The second kappa shape index (κ2) is 3.01. The van der Waals surface area contributed by atoms with Crippen LogP contribution in [-0.4, -0.2) is 43.7 Å². The van der Waals surface area contributed by atoms with Crippen molar-refractivity contribution in [1.29, 1.82) is 0 Å². The normalized spacial score (nSPS) is 33.9. The van der Waals surface area contributed by atoms with Gasteiger partial charge in [-0.3, -0.25) is 4.79 Å². The van der Waals surface area contributed by atoms with Crippen LogP contribution in [0.1, 0.15) is 0 Å². The van der Waals surface area contributed by atoms with Crippen molar-refractivity contribution < 1.29 is 9.18 Å². The molecule has 2 fully saturated rings. The standard InChI is InChI=1S/C8H13FN2O/c9-1-8(12)11-4-6-2-10-3-7(6)5-11/h6-7,10H,1-5H2. The molecule has 0 radical (unpaired) electrons. The van der Waals surface area contributed by atoms with Gasteiger partial charge >= 0.3 is 0 Å². The van der Waals surface area contributed by atoms with Gasteiger partial charge in [0.2, 0.25) is 0 Å². The fourth-order valence-electron chi connectivity index (χ4n) is 2.14. The van der Waals surface area contributed by atoms with E-state index in [-0.39, 0.29) is 5.91 Å². The lowest BCUT2D eigenvalue weighted by Gasteiger charge is -2.14. The second-order valence-corrected chi connectivity index (χ2v) is 3.61. The molecule has 2 aliphatic rings. The number of rotatable bonds is 1. The highest BCUT2D eigenvalue weighted by molar-refractivity contribution is 5.77. The molecule has 0 spiro atoms. The Morgan fingerprint density at radius 3 is 2.50 bits per heavy atom. The molecule has 68 valence electrons. The molecular weight excluding hydrogens is 159 g/mol. The Balaban J connectivity index is 1.94. The summed E-state index contributed by atoms with van der Waals surface area (Å²) < 4.78 is 12.0. The Bertz CT molecular complexity index is 185. The van der Waals surface area contributed by atoms with Gasteiger partial charge in [0.05, 0.1) is 0 Å². The van der Waals surface area contributed by atoms with Gasteiger partial charge in [0.1, 0.15) is 0 Å². The molecule has 12 heavy (non-hydrogen) atoms. The third kappa shape index (κ3) is 1.20. The van der Waals surface area contributed by atoms with Crippen LogP contribution in [0.25, 0.3) is 0 Å². The van der Waals surface area contributed by atoms with Crippen LogP contribution in [-0.2, 0) is 4.79 Å². The van der Waals surface area contributed by atoms with E-state index in [0.29, 0.717) is 11.8 Å². The highest BCUT2D eigenvalue weighted by Crippen LogP contribution is 2.25. The first-order valence-electron chi connectivity index (χ1n) is 4.35. The number of nitrogens with one attached hydrogen (secondary N) is 1. The van der Waals surface area contributed by atoms with Crippen molar-refractivity contribution >= 4 is 5.91 Å². The van der Waals surface area contributed by atoms with Gasteiger partial charge in [-0.1, -0.05) is 0 Å². The number of fused-ring (bicyclic) bond motifs is 1. The summed E-state index contributed by atoms with van der Waals surface area (Å²) in [7, 11) is 0. The Hall–Kier alpha value is -0.640. The van der Waals surface area contributed by atoms with E-state index in [4.69, 9.17) is 0 Å². The molecule has 1 N–H and O–H groups in total. The zero-order valence-electron chi connectivity index (χ0n) is 6.92. The number of amides is 1. The van der Waals surface area contributed by atoms with Crippen molar-refractivity contribution in [2.45, 2.75) is 0 Å². The molecule has 2 atom stereocenters. The summed E-state index contributed by atoms with van der Waals surface area (Å²) >= 11 is 0. The number of carbonyl (C=O) groups excluding carboxylic acids is 1. The van der Waals surface area contributed by atoms with E-state index >= 15 is 0 Å². The van der Waals surface area contributed by atoms with Gasteiger partial charge in [0.15, 0.2) is 6.67 Å². The first-order chi connectivity index (χ1) is 5.81. The topological polar surface area (TPSA) is 32.3 Å². The van der Waals surface area contributed by atoms with Crippen LogP contribution in [0.2, 0.25) is 0 Å². The van der Waals surface area contributed by atoms with E-state index in [9.17, 15) is 9.18 Å². The minimum atomic E-state index is -0.840. The molecule has 2 heterocycles. The van der Waals surface area contributed by atoms with Crippen LogP contribution in [0.15, 0.2) is 0 Å². The van der Waals surface area contributed by atoms with E-state index in [1.54, 1.807) is 4.90 Å². The molecule has 1 amide bonds. The summed E-state index contributed by atoms with van der Waals surface area (Å²) in [6.45, 7) is 2.63. The van der Waals surface area contributed by atoms with Gasteiger partial charge in [0, 0.05) is 26.2 Å². The van der Waals surface area contributed by atoms with E-state index in [1.807, 2.05) is 0 Å². The van der Waals surface area contributed by atoms with E-state index in [1.165, 1.54) is 0 Å². The maximum Gasteiger partial charge on any atom is 0.253 e. The van der Waals surface area contributed by atoms with Crippen molar-refractivity contribution in [3.05, 3.63) is 0 Å². The van der Waals surface area contributed by atoms with E-state index in [0.717, 1.165) is 26.2 Å². The zero-order valence-corrected chi connectivity index (χ0v) is 6.92. The molecule has 0 saturated carbocycles. The number of alkyl halides is 1. The van der Waals surface area contributed by atoms with Gasteiger partial charge < -0.3 is 10.2 Å². The Labute approximate surface area is 70.9 Å². The van der Waals surface area contributed by atoms with Crippen LogP contribution in [0.5, 0.6) is 0 Å². The molecule has 4 heteroatoms. The molecule has 0 bridgehead atoms. The van der Waals surface area contributed by atoms with Gasteiger partial charge in [-0.05, 0) is 11.8 Å². The van der Waals surface area contributed by atoms with Crippen LogP contribution < -0.4 is 5.32 Å². The number of nitrogens with zero attached hydrogens (tertiary/aromatic N) is 1. The summed E-state index contributed by atoms with van der Waals surface area (Å²) in [6, 6.07) is 0. The average Bonchev–Trinajstić information content (AvgIpc) is 2.60. The van der Waals surface area contributed by atoms with Gasteiger partial charge in [-0.2, -0.15) is 0 Å². The Kier molecular flexibility index (Phi) is 2.00. The molecule has 0 aromatic rings. The van der Waals surface area contributed by atoms with Crippen LogP contribution in [0.3, 0.4) is 0 Å². The average molecular weight is 172 g/mol. The Morgan fingerprint density at radius 1 is 1.42 bits per heavy atom. The number of hydrogen-bond donors (Lipinski definition) is 1. The quantitative estimate of drug-likeness (QED) is 0.585. The highest BCUT2D eigenvalue weighted by Gasteiger charge is 2.37. The first-order valence-corrected chi connectivity index (χ1v) is 4.35. The molecule has 0 aliphatic carbocycles. The SMILES string of the molecule is O=C(CF)N1CC2CNCC2C1. The number of hydrogen-bond acceptors (Lipinski definition) is 2. The summed E-state index contributed by atoms with van der Waals surface area (Å²) in [5.41, 5.74) is 0. The van der Waals surface area contributed by atoms with Crippen molar-refractivity contribution in [3.63, 3.8) is 0 Å². The maximum absolute atomic E-state index is 12.0. The van der Waals surface area contributed by atoms with Crippen molar-refractivity contribution in [2.75, 3.05) is 32.9 Å². The number of carbonyl (C=O) groups is 1. The summed E-state index contributed by atoms with van der Waals surface area (Å²) in [5, 5.41) is 3.27. The van der Waals surface area contributed by atoms with E-state index in [2.05, 4.69) is 5.32 Å². The van der Waals surface area contributed by atoms with Crippen LogP contribution in [0.4, 0.5) is 4.39 Å². The summed E-state index contributed by atoms with van der Waals surface area (Å²) in [4.78, 5) is 12.6. The summed E-state index contributed by atoms with van der Waals surface area (Å²) in [5.74, 6) is 0.797. The monoisotopic (exact) mass is 172 g/mol.